The number of rotatable bonds is 6. The Morgan fingerprint density at radius 3 is 2.57 bits per heavy atom. The highest BCUT2D eigenvalue weighted by Gasteiger charge is 2.40. The van der Waals surface area contributed by atoms with Gasteiger partial charge >= 0.3 is 5.97 Å². The average Bonchev–Trinajstić information content (AvgIpc) is 2.95. The lowest BCUT2D eigenvalue weighted by atomic mass is 10.1. The van der Waals surface area contributed by atoms with Crippen molar-refractivity contribution in [2.45, 2.75) is 6.92 Å². The molecule has 0 aliphatic carbocycles. The SMILES string of the molecule is CCOc1cc(/C=C2/C(=O)N(c3ccc(Cl)cc3)C(=S)N2CC(=O)OC)ccc1O. The van der Waals surface area contributed by atoms with E-state index in [1.54, 1.807) is 49.4 Å². The number of methoxy groups -OCH3 is 1. The second kappa shape index (κ2) is 9.15. The molecule has 0 radical (unpaired) electrons. The van der Waals surface area contributed by atoms with Crippen LogP contribution in [0.25, 0.3) is 6.08 Å². The van der Waals surface area contributed by atoms with Crippen molar-refractivity contribution in [3.63, 3.8) is 0 Å². The van der Waals surface area contributed by atoms with Crippen molar-refractivity contribution >= 4 is 52.6 Å². The van der Waals surface area contributed by atoms with Crippen molar-refractivity contribution in [1.29, 1.82) is 0 Å². The summed E-state index contributed by atoms with van der Waals surface area (Å²) in [6, 6.07) is 11.3. The Hall–Kier alpha value is -3.10. The Morgan fingerprint density at radius 1 is 1.23 bits per heavy atom. The number of halogens is 1. The Morgan fingerprint density at radius 2 is 1.93 bits per heavy atom. The number of carbonyl (C=O) groups is 2. The van der Waals surface area contributed by atoms with Crippen LogP contribution in [0.3, 0.4) is 0 Å². The molecule has 9 heteroatoms. The Kier molecular flexibility index (Phi) is 6.59. The number of phenols is 1. The lowest BCUT2D eigenvalue weighted by Gasteiger charge is -2.19. The van der Waals surface area contributed by atoms with Gasteiger partial charge in [0.25, 0.3) is 5.91 Å². The van der Waals surface area contributed by atoms with Crippen molar-refractivity contribution in [3.8, 4) is 11.5 Å². The maximum atomic E-state index is 13.2. The van der Waals surface area contributed by atoms with Gasteiger partial charge in [-0.2, -0.15) is 0 Å². The smallest absolute Gasteiger partial charge is 0.325 e. The first kappa shape index (κ1) is 21.6. The van der Waals surface area contributed by atoms with Gasteiger partial charge in [-0.15, -0.1) is 0 Å². The molecule has 0 spiro atoms. The van der Waals surface area contributed by atoms with Gasteiger partial charge in [0, 0.05) is 5.02 Å². The standard InChI is InChI=1S/C21H19ClN2O5S/c1-3-29-18-11-13(4-9-17(18)25)10-16-20(27)24(15-7-5-14(22)6-8-15)21(30)23(16)12-19(26)28-2/h4-11,25H,3,12H2,1-2H3/b16-10-. The molecular formula is C21H19ClN2O5S. The summed E-state index contributed by atoms with van der Waals surface area (Å²) in [4.78, 5) is 27.9. The summed E-state index contributed by atoms with van der Waals surface area (Å²) in [6.45, 7) is 1.94. The van der Waals surface area contributed by atoms with Gasteiger partial charge in [0.05, 0.1) is 19.4 Å². The first-order valence-electron chi connectivity index (χ1n) is 9.01. The molecule has 3 rings (SSSR count). The number of carbonyl (C=O) groups excluding carboxylic acids is 2. The van der Waals surface area contributed by atoms with E-state index in [9.17, 15) is 14.7 Å². The molecule has 1 aliphatic heterocycles. The van der Waals surface area contributed by atoms with Crippen LogP contribution in [-0.2, 0) is 14.3 Å². The first-order valence-corrected chi connectivity index (χ1v) is 9.80. The maximum Gasteiger partial charge on any atom is 0.325 e. The topological polar surface area (TPSA) is 79.3 Å². The summed E-state index contributed by atoms with van der Waals surface area (Å²) < 4.78 is 10.1. The second-order valence-electron chi connectivity index (χ2n) is 6.25. The van der Waals surface area contributed by atoms with Crippen molar-refractivity contribution < 1.29 is 24.2 Å². The fourth-order valence-corrected chi connectivity index (χ4v) is 3.37. The van der Waals surface area contributed by atoms with Gasteiger partial charge in [-0.25, -0.2) is 0 Å². The number of hydrogen-bond donors (Lipinski definition) is 1. The van der Waals surface area contributed by atoms with Crippen LogP contribution in [0.1, 0.15) is 12.5 Å². The van der Waals surface area contributed by atoms with Crippen LogP contribution in [0.2, 0.25) is 5.02 Å². The number of hydrogen-bond acceptors (Lipinski definition) is 6. The normalized spacial score (nSPS) is 15.1. The highest BCUT2D eigenvalue weighted by Crippen LogP contribution is 2.32. The number of thiocarbonyl (C=S) groups is 1. The zero-order chi connectivity index (χ0) is 21.8. The van der Waals surface area contributed by atoms with Gasteiger partial charge in [0.2, 0.25) is 0 Å². The summed E-state index contributed by atoms with van der Waals surface area (Å²) in [7, 11) is 1.26. The molecule has 1 heterocycles. The number of aromatic hydroxyl groups is 1. The molecule has 0 saturated carbocycles. The summed E-state index contributed by atoms with van der Waals surface area (Å²) in [6.07, 6.45) is 1.58. The van der Waals surface area contributed by atoms with Gasteiger partial charge in [0.15, 0.2) is 16.6 Å². The van der Waals surface area contributed by atoms with E-state index in [1.165, 1.54) is 23.0 Å². The third kappa shape index (κ3) is 4.39. The van der Waals surface area contributed by atoms with Crippen LogP contribution in [0.5, 0.6) is 11.5 Å². The number of anilines is 1. The van der Waals surface area contributed by atoms with E-state index in [2.05, 4.69) is 0 Å². The predicted molar refractivity (Wildman–Crippen MR) is 118 cm³/mol. The zero-order valence-electron chi connectivity index (χ0n) is 16.3. The van der Waals surface area contributed by atoms with Crippen LogP contribution < -0.4 is 9.64 Å². The second-order valence-corrected chi connectivity index (χ2v) is 7.05. The summed E-state index contributed by atoms with van der Waals surface area (Å²) in [5, 5.41) is 10.6. The number of ether oxygens (including phenoxy) is 2. The fraction of sp³-hybridized carbons (Fsp3) is 0.190. The third-order valence-corrected chi connectivity index (χ3v) is 4.98. The lowest BCUT2D eigenvalue weighted by molar-refractivity contribution is -0.140. The van der Waals surface area contributed by atoms with E-state index in [0.29, 0.717) is 22.9 Å². The van der Waals surface area contributed by atoms with Crippen LogP contribution in [0.4, 0.5) is 5.69 Å². The molecular weight excluding hydrogens is 428 g/mol. The molecule has 1 amide bonds. The Bertz CT molecular complexity index is 1020. The van der Waals surface area contributed by atoms with Crippen molar-refractivity contribution in [2.24, 2.45) is 0 Å². The van der Waals surface area contributed by atoms with Gasteiger partial charge < -0.3 is 19.5 Å². The molecule has 0 atom stereocenters. The molecule has 1 aliphatic rings. The van der Waals surface area contributed by atoms with Crippen LogP contribution in [0.15, 0.2) is 48.2 Å². The minimum atomic E-state index is -0.547. The molecule has 1 fully saturated rings. The molecule has 0 bridgehead atoms. The fourth-order valence-electron chi connectivity index (χ4n) is 2.89. The third-order valence-electron chi connectivity index (χ3n) is 4.32. The van der Waals surface area contributed by atoms with E-state index >= 15 is 0 Å². The van der Waals surface area contributed by atoms with E-state index < -0.39 is 11.9 Å². The van der Waals surface area contributed by atoms with E-state index in [1.807, 2.05) is 0 Å². The molecule has 7 nitrogen and oxygen atoms in total. The maximum absolute atomic E-state index is 13.2. The molecule has 2 aromatic rings. The van der Waals surface area contributed by atoms with Crippen molar-refractivity contribution in [3.05, 3.63) is 58.7 Å². The van der Waals surface area contributed by atoms with Gasteiger partial charge in [-0.3, -0.25) is 14.5 Å². The monoisotopic (exact) mass is 446 g/mol. The molecule has 0 unspecified atom stereocenters. The van der Waals surface area contributed by atoms with Gasteiger partial charge in [0.1, 0.15) is 12.2 Å². The minimum Gasteiger partial charge on any atom is -0.504 e. The molecule has 1 N–H and O–H groups in total. The zero-order valence-corrected chi connectivity index (χ0v) is 17.9. The Balaban J connectivity index is 2.05. The van der Waals surface area contributed by atoms with Gasteiger partial charge in [-0.05, 0) is 67.2 Å². The summed E-state index contributed by atoms with van der Waals surface area (Å²) >= 11 is 11.4. The van der Waals surface area contributed by atoms with Crippen molar-refractivity contribution in [1.82, 2.24) is 4.90 Å². The van der Waals surface area contributed by atoms with E-state index in [4.69, 9.17) is 33.3 Å². The largest absolute Gasteiger partial charge is 0.504 e. The number of benzene rings is 2. The quantitative estimate of drug-likeness (QED) is 0.412. The predicted octanol–water partition coefficient (Wildman–Crippen LogP) is 3.59. The van der Waals surface area contributed by atoms with E-state index in [0.717, 1.165) is 0 Å². The number of nitrogens with zero attached hydrogens (tertiary/aromatic N) is 2. The average molecular weight is 447 g/mol. The molecule has 2 aromatic carbocycles. The molecule has 1 saturated heterocycles. The van der Waals surface area contributed by atoms with Crippen LogP contribution in [0, 0.1) is 0 Å². The number of phenolic OH excluding ortho intramolecular Hbond substituents is 1. The van der Waals surface area contributed by atoms with Gasteiger partial charge in [-0.1, -0.05) is 17.7 Å². The lowest BCUT2D eigenvalue weighted by Crippen LogP contribution is -2.35. The molecule has 30 heavy (non-hydrogen) atoms. The summed E-state index contributed by atoms with van der Waals surface area (Å²) in [5.74, 6) is -0.678. The number of esters is 1. The highest BCUT2D eigenvalue weighted by atomic mass is 35.5. The van der Waals surface area contributed by atoms with Crippen LogP contribution in [-0.4, -0.2) is 47.3 Å². The van der Waals surface area contributed by atoms with E-state index in [-0.39, 0.29) is 28.9 Å². The number of amides is 1. The first-order chi connectivity index (χ1) is 14.3. The minimum absolute atomic E-state index is 0.0125. The molecule has 0 aromatic heterocycles. The summed E-state index contributed by atoms with van der Waals surface area (Å²) in [5.41, 5.74) is 1.30. The molecule has 156 valence electrons. The Labute approximate surface area is 184 Å². The highest BCUT2D eigenvalue weighted by molar-refractivity contribution is 7.80. The van der Waals surface area contributed by atoms with Crippen molar-refractivity contribution in [2.75, 3.05) is 25.2 Å². The van der Waals surface area contributed by atoms with Crippen LogP contribution >= 0.6 is 23.8 Å².